The molecule has 1 saturated heterocycles. The van der Waals surface area contributed by atoms with E-state index in [0.717, 1.165) is 59.7 Å². The molecule has 1 aliphatic heterocycles. The van der Waals surface area contributed by atoms with E-state index >= 15 is 0 Å². The third-order valence-corrected chi connectivity index (χ3v) is 5.04. The highest BCUT2D eigenvalue weighted by atomic mass is 32.2. The van der Waals surface area contributed by atoms with Gasteiger partial charge in [0.15, 0.2) is 16.6 Å². The minimum atomic E-state index is 0.742. The monoisotopic (exact) mass is 356 g/mol. The van der Waals surface area contributed by atoms with Crippen molar-refractivity contribution < 1.29 is 0 Å². The van der Waals surface area contributed by atoms with Crippen LogP contribution in [0.25, 0.3) is 11.2 Å². The van der Waals surface area contributed by atoms with E-state index in [2.05, 4.69) is 41.6 Å². The van der Waals surface area contributed by atoms with Crippen molar-refractivity contribution in [3.8, 4) is 0 Å². The van der Waals surface area contributed by atoms with Gasteiger partial charge >= 0.3 is 0 Å². The minimum Gasteiger partial charge on any atom is -0.353 e. The second kappa shape index (κ2) is 6.47. The van der Waals surface area contributed by atoms with Crippen molar-refractivity contribution in [2.45, 2.75) is 12.1 Å². The summed E-state index contributed by atoms with van der Waals surface area (Å²) in [7, 11) is 1.98. The van der Waals surface area contributed by atoms with Gasteiger partial charge in [-0.1, -0.05) is 11.8 Å². The van der Waals surface area contributed by atoms with Crippen molar-refractivity contribution in [1.82, 2.24) is 29.5 Å². The quantitative estimate of drug-likeness (QED) is 0.516. The van der Waals surface area contributed by atoms with E-state index in [4.69, 9.17) is 0 Å². The zero-order chi connectivity index (χ0) is 17.4. The first-order valence-electron chi connectivity index (χ1n) is 8.17. The number of rotatable bonds is 3. The maximum atomic E-state index is 4.69. The molecule has 130 valence electrons. The summed E-state index contributed by atoms with van der Waals surface area (Å²) in [6.07, 6.45) is 7.29. The Morgan fingerprint density at radius 3 is 2.40 bits per heavy atom. The SMILES string of the molecule is CSc1ncc(C)c(N2CCN(c3ncnc4ncn(C)c34)CC2)n1. The van der Waals surface area contributed by atoms with Gasteiger partial charge in [-0.25, -0.2) is 24.9 Å². The summed E-state index contributed by atoms with van der Waals surface area (Å²) in [6, 6.07) is 0. The topological polar surface area (TPSA) is 75.9 Å². The van der Waals surface area contributed by atoms with Crippen molar-refractivity contribution in [1.29, 1.82) is 0 Å². The summed E-state index contributed by atoms with van der Waals surface area (Å²) >= 11 is 1.57. The molecule has 1 aliphatic rings. The number of imidazole rings is 1. The highest BCUT2D eigenvalue weighted by Gasteiger charge is 2.23. The number of fused-ring (bicyclic) bond motifs is 1. The van der Waals surface area contributed by atoms with Gasteiger partial charge in [0, 0.05) is 45.0 Å². The fourth-order valence-corrected chi connectivity index (χ4v) is 3.50. The van der Waals surface area contributed by atoms with Gasteiger partial charge in [-0.15, -0.1) is 0 Å². The van der Waals surface area contributed by atoms with E-state index in [1.807, 2.05) is 24.1 Å². The van der Waals surface area contributed by atoms with Gasteiger partial charge in [-0.3, -0.25) is 0 Å². The van der Waals surface area contributed by atoms with E-state index in [-0.39, 0.29) is 0 Å². The summed E-state index contributed by atoms with van der Waals surface area (Å²) in [6.45, 7) is 5.63. The Kier molecular flexibility index (Phi) is 4.16. The molecule has 0 aliphatic carbocycles. The summed E-state index contributed by atoms with van der Waals surface area (Å²) in [5.74, 6) is 1.99. The molecule has 0 bridgehead atoms. The van der Waals surface area contributed by atoms with Crippen LogP contribution in [0.2, 0.25) is 0 Å². The molecule has 3 aromatic rings. The van der Waals surface area contributed by atoms with Crippen LogP contribution in [0.15, 0.2) is 24.0 Å². The molecule has 0 N–H and O–H groups in total. The van der Waals surface area contributed by atoms with Crippen LogP contribution in [0.5, 0.6) is 0 Å². The molecule has 25 heavy (non-hydrogen) atoms. The average molecular weight is 356 g/mol. The first-order chi connectivity index (χ1) is 12.2. The van der Waals surface area contributed by atoms with Gasteiger partial charge < -0.3 is 14.4 Å². The number of piperazine rings is 1. The van der Waals surface area contributed by atoms with Crippen LogP contribution in [-0.4, -0.2) is 61.9 Å². The second-order valence-corrected chi connectivity index (χ2v) is 6.84. The van der Waals surface area contributed by atoms with Crippen LogP contribution < -0.4 is 9.80 Å². The number of aromatic nitrogens is 6. The van der Waals surface area contributed by atoms with Crippen molar-refractivity contribution in [2.24, 2.45) is 7.05 Å². The zero-order valence-corrected chi connectivity index (χ0v) is 15.4. The van der Waals surface area contributed by atoms with E-state index in [9.17, 15) is 0 Å². The Balaban J connectivity index is 1.56. The Morgan fingerprint density at radius 2 is 1.68 bits per heavy atom. The first-order valence-corrected chi connectivity index (χ1v) is 9.39. The number of thioether (sulfide) groups is 1. The lowest BCUT2D eigenvalue weighted by molar-refractivity contribution is 0.636. The van der Waals surface area contributed by atoms with Gasteiger partial charge in [0.25, 0.3) is 0 Å². The molecule has 0 spiro atoms. The van der Waals surface area contributed by atoms with Crippen molar-refractivity contribution in [3.05, 3.63) is 24.4 Å². The van der Waals surface area contributed by atoms with Gasteiger partial charge in [0.1, 0.15) is 17.7 Å². The largest absolute Gasteiger partial charge is 0.353 e. The summed E-state index contributed by atoms with van der Waals surface area (Å²) < 4.78 is 1.98. The summed E-state index contributed by atoms with van der Waals surface area (Å²) in [5, 5.41) is 0.815. The van der Waals surface area contributed by atoms with Crippen LogP contribution in [0.3, 0.4) is 0 Å². The lowest BCUT2D eigenvalue weighted by Crippen LogP contribution is -2.47. The molecule has 0 aromatic carbocycles. The number of anilines is 2. The normalized spacial score (nSPS) is 15.2. The molecule has 9 heteroatoms. The van der Waals surface area contributed by atoms with E-state index < -0.39 is 0 Å². The fourth-order valence-electron chi connectivity index (χ4n) is 3.17. The van der Waals surface area contributed by atoms with Crippen molar-refractivity contribution in [2.75, 3.05) is 42.2 Å². The lowest BCUT2D eigenvalue weighted by atomic mass is 10.2. The second-order valence-electron chi connectivity index (χ2n) is 6.06. The van der Waals surface area contributed by atoms with Crippen LogP contribution in [0, 0.1) is 6.92 Å². The highest BCUT2D eigenvalue weighted by Crippen LogP contribution is 2.25. The zero-order valence-electron chi connectivity index (χ0n) is 14.5. The molecule has 0 radical (unpaired) electrons. The molecule has 3 aromatic heterocycles. The molecule has 4 heterocycles. The third-order valence-electron chi connectivity index (χ3n) is 4.47. The molecular formula is C16H20N8S. The third kappa shape index (κ3) is 2.88. The predicted molar refractivity (Wildman–Crippen MR) is 99.3 cm³/mol. The molecule has 0 unspecified atom stereocenters. The Hall–Kier alpha value is -2.42. The van der Waals surface area contributed by atoms with Gasteiger partial charge in [-0.05, 0) is 13.2 Å². The van der Waals surface area contributed by atoms with Gasteiger partial charge in [0.2, 0.25) is 0 Å². The van der Waals surface area contributed by atoms with Gasteiger partial charge in [-0.2, -0.15) is 0 Å². The first kappa shape index (κ1) is 16.1. The predicted octanol–water partition coefficient (Wildman–Crippen LogP) is 1.51. The average Bonchev–Trinajstić information content (AvgIpc) is 3.04. The number of aryl methyl sites for hydroxylation is 2. The summed E-state index contributed by atoms with van der Waals surface area (Å²) in [4.78, 5) is 26.7. The molecule has 0 amide bonds. The molecule has 8 nitrogen and oxygen atoms in total. The highest BCUT2D eigenvalue weighted by molar-refractivity contribution is 7.98. The van der Waals surface area contributed by atoms with Gasteiger partial charge in [0.05, 0.1) is 6.33 Å². The Morgan fingerprint density at radius 1 is 0.960 bits per heavy atom. The number of hydrogen-bond acceptors (Lipinski definition) is 8. The number of hydrogen-bond donors (Lipinski definition) is 0. The van der Waals surface area contributed by atoms with E-state index in [0.29, 0.717) is 0 Å². The van der Waals surface area contributed by atoms with E-state index in [1.165, 1.54) is 0 Å². The molecule has 0 atom stereocenters. The minimum absolute atomic E-state index is 0.742. The van der Waals surface area contributed by atoms with Crippen molar-refractivity contribution >= 4 is 34.6 Å². The van der Waals surface area contributed by atoms with Crippen molar-refractivity contribution in [3.63, 3.8) is 0 Å². The lowest BCUT2D eigenvalue weighted by Gasteiger charge is -2.36. The smallest absolute Gasteiger partial charge is 0.189 e. The maximum Gasteiger partial charge on any atom is 0.189 e. The van der Waals surface area contributed by atoms with Crippen LogP contribution in [-0.2, 0) is 7.05 Å². The van der Waals surface area contributed by atoms with E-state index in [1.54, 1.807) is 24.4 Å². The molecule has 4 rings (SSSR count). The van der Waals surface area contributed by atoms with Crippen LogP contribution in [0.1, 0.15) is 5.56 Å². The summed E-state index contributed by atoms with van der Waals surface area (Å²) in [5.41, 5.74) is 2.84. The maximum absolute atomic E-state index is 4.69. The Labute approximate surface area is 150 Å². The van der Waals surface area contributed by atoms with Crippen LogP contribution >= 0.6 is 11.8 Å². The molecule has 0 saturated carbocycles. The fraction of sp³-hybridized carbons (Fsp3) is 0.438. The molecular weight excluding hydrogens is 336 g/mol. The molecule has 1 fully saturated rings. The standard InChI is InChI=1S/C16H20N8S/c1-11-8-17-16(25-3)21-14(11)23-4-6-24(7-5-23)15-12-13(18-9-19-15)20-10-22(12)2/h8-10H,4-7H2,1-3H3. The Bertz CT molecular complexity index is 900. The number of nitrogens with zero attached hydrogens (tertiary/aromatic N) is 8. The van der Waals surface area contributed by atoms with Crippen LogP contribution in [0.4, 0.5) is 11.6 Å².